The normalized spacial score (nSPS) is 22.3. The molecule has 0 unspecified atom stereocenters. The Bertz CT molecular complexity index is 466. The molecule has 1 aromatic carbocycles. The van der Waals surface area contributed by atoms with E-state index in [2.05, 4.69) is 0 Å². The number of amides is 1. The van der Waals surface area contributed by atoms with Crippen LogP contribution in [0.4, 0.5) is 16.2 Å². The van der Waals surface area contributed by atoms with Crippen molar-refractivity contribution in [2.24, 2.45) is 0 Å². The van der Waals surface area contributed by atoms with Gasteiger partial charge in [0.2, 0.25) is 0 Å². The lowest BCUT2D eigenvalue weighted by atomic mass is 9.89. The van der Waals surface area contributed by atoms with Crippen molar-refractivity contribution in [2.45, 2.75) is 24.9 Å². The van der Waals surface area contributed by atoms with Crippen molar-refractivity contribution >= 4 is 17.5 Å². The van der Waals surface area contributed by atoms with Crippen LogP contribution in [0.1, 0.15) is 19.3 Å². The first-order valence-electron chi connectivity index (χ1n) is 6.62. The Balaban J connectivity index is 1.74. The van der Waals surface area contributed by atoms with Gasteiger partial charge in [0.15, 0.2) is 0 Å². The summed E-state index contributed by atoms with van der Waals surface area (Å²) in [5.41, 5.74) is 6.87. The van der Waals surface area contributed by atoms with Crippen LogP contribution in [0.25, 0.3) is 0 Å². The number of carbonyl (C=O) groups is 1. The van der Waals surface area contributed by atoms with Gasteiger partial charge in [0.1, 0.15) is 5.60 Å². The van der Waals surface area contributed by atoms with E-state index in [-0.39, 0.29) is 11.7 Å². The molecule has 2 N–H and O–H groups in total. The van der Waals surface area contributed by atoms with E-state index in [1.165, 1.54) is 0 Å². The molecule has 0 radical (unpaired) electrons. The Morgan fingerprint density at radius 3 is 2.42 bits per heavy atom. The number of nitrogen functional groups attached to an aromatic ring is 1. The largest absolute Gasteiger partial charge is 0.442 e. The van der Waals surface area contributed by atoms with Crippen LogP contribution in [-0.2, 0) is 9.47 Å². The van der Waals surface area contributed by atoms with Gasteiger partial charge in [-0.05, 0) is 24.3 Å². The highest BCUT2D eigenvalue weighted by molar-refractivity contribution is 5.88. The van der Waals surface area contributed by atoms with Crippen molar-refractivity contribution in [2.75, 3.05) is 30.4 Å². The molecule has 2 heterocycles. The predicted octanol–water partition coefficient (Wildman–Crippen LogP) is 2.16. The van der Waals surface area contributed by atoms with Gasteiger partial charge in [-0.15, -0.1) is 0 Å². The molecule has 0 aliphatic carbocycles. The van der Waals surface area contributed by atoms with Gasteiger partial charge in [0, 0.05) is 37.2 Å². The second-order valence-corrected chi connectivity index (χ2v) is 5.16. The van der Waals surface area contributed by atoms with E-state index in [4.69, 9.17) is 15.2 Å². The molecule has 2 fully saturated rings. The average molecular weight is 262 g/mol. The number of nitrogens with zero attached hydrogens (tertiary/aromatic N) is 1. The lowest BCUT2D eigenvalue weighted by molar-refractivity contribution is -0.0805. The minimum absolute atomic E-state index is 0.266. The third kappa shape index (κ3) is 2.38. The summed E-state index contributed by atoms with van der Waals surface area (Å²) in [4.78, 5) is 13.9. The molecule has 3 rings (SSSR count). The third-order valence-electron chi connectivity index (χ3n) is 3.92. The second-order valence-electron chi connectivity index (χ2n) is 5.16. The highest BCUT2D eigenvalue weighted by atomic mass is 16.6. The van der Waals surface area contributed by atoms with Crippen molar-refractivity contribution < 1.29 is 14.3 Å². The first-order valence-corrected chi connectivity index (χ1v) is 6.62. The number of carbonyl (C=O) groups excluding carboxylic acids is 1. The van der Waals surface area contributed by atoms with Gasteiger partial charge in [0.25, 0.3) is 0 Å². The Morgan fingerprint density at radius 2 is 1.79 bits per heavy atom. The lowest BCUT2D eigenvalue weighted by Crippen LogP contribution is -2.52. The third-order valence-corrected chi connectivity index (χ3v) is 3.92. The highest BCUT2D eigenvalue weighted by Crippen LogP contribution is 2.34. The van der Waals surface area contributed by atoms with Crippen molar-refractivity contribution in [1.82, 2.24) is 0 Å². The molecule has 5 nitrogen and oxygen atoms in total. The summed E-state index contributed by atoms with van der Waals surface area (Å²) in [6, 6.07) is 7.28. The fourth-order valence-corrected chi connectivity index (χ4v) is 2.68. The second kappa shape index (κ2) is 4.74. The minimum atomic E-state index is -0.306. The number of hydrogen-bond donors (Lipinski definition) is 1. The highest BCUT2D eigenvalue weighted by Gasteiger charge is 2.42. The molecule has 1 aromatic rings. The Labute approximate surface area is 112 Å². The predicted molar refractivity (Wildman–Crippen MR) is 72.1 cm³/mol. The molecule has 2 saturated heterocycles. The summed E-state index contributed by atoms with van der Waals surface area (Å²) in [5.74, 6) is 0. The molecule has 102 valence electrons. The lowest BCUT2D eigenvalue weighted by Gasteiger charge is -2.43. The standard InChI is InChI=1S/C14H18N2O3/c15-11-1-3-12(4-2-11)16-8-5-14(19-13(16)17)6-9-18-10-7-14/h1-4H,5-10,15H2. The van der Waals surface area contributed by atoms with Crippen LogP contribution in [0.3, 0.4) is 0 Å². The summed E-state index contributed by atoms with van der Waals surface area (Å²) in [5, 5.41) is 0. The van der Waals surface area contributed by atoms with Crippen LogP contribution < -0.4 is 10.6 Å². The molecule has 0 atom stereocenters. The molecular weight excluding hydrogens is 244 g/mol. The topological polar surface area (TPSA) is 64.8 Å². The fourth-order valence-electron chi connectivity index (χ4n) is 2.68. The average Bonchev–Trinajstić information content (AvgIpc) is 2.41. The van der Waals surface area contributed by atoms with Crippen molar-refractivity contribution in [1.29, 1.82) is 0 Å². The Morgan fingerprint density at radius 1 is 1.11 bits per heavy atom. The molecule has 2 aliphatic rings. The number of rotatable bonds is 1. The van der Waals surface area contributed by atoms with E-state index in [0.717, 1.165) is 24.9 Å². The van der Waals surface area contributed by atoms with Crippen molar-refractivity contribution in [3.8, 4) is 0 Å². The molecule has 0 saturated carbocycles. The van der Waals surface area contributed by atoms with Gasteiger partial charge in [-0.3, -0.25) is 4.90 Å². The van der Waals surface area contributed by atoms with Crippen molar-refractivity contribution in [3.05, 3.63) is 24.3 Å². The summed E-state index contributed by atoms with van der Waals surface area (Å²) < 4.78 is 11.0. The summed E-state index contributed by atoms with van der Waals surface area (Å²) >= 11 is 0. The monoisotopic (exact) mass is 262 g/mol. The molecule has 19 heavy (non-hydrogen) atoms. The van der Waals surface area contributed by atoms with Crippen LogP contribution in [0.15, 0.2) is 24.3 Å². The number of hydrogen-bond acceptors (Lipinski definition) is 4. The van der Waals surface area contributed by atoms with E-state index in [9.17, 15) is 4.79 Å². The summed E-state index contributed by atoms with van der Waals surface area (Å²) in [7, 11) is 0. The number of anilines is 2. The zero-order valence-corrected chi connectivity index (χ0v) is 10.8. The van der Waals surface area contributed by atoms with Crippen LogP contribution in [0.2, 0.25) is 0 Å². The molecule has 1 spiro atoms. The maximum absolute atomic E-state index is 12.2. The zero-order valence-electron chi connectivity index (χ0n) is 10.8. The first kappa shape index (κ1) is 12.3. The number of ether oxygens (including phenoxy) is 2. The smallest absolute Gasteiger partial charge is 0.414 e. The van der Waals surface area contributed by atoms with Gasteiger partial charge >= 0.3 is 6.09 Å². The molecule has 2 aliphatic heterocycles. The summed E-state index contributed by atoms with van der Waals surface area (Å²) in [6.07, 6.45) is 2.19. The maximum Gasteiger partial charge on any atom is 0.414 e. The van der Waals surface area contributed by atoms with Crippen LogP contribution in [-0.4, -0.2) is 31.5 Å². The van der Waals surface area contributed by atoms with Gasteiger partial charge < -0.3 is 15.2 Å². The summed E-state index contributed by atoms with van der Waals surface area (Å²) in [6.45, 7) is 2.03. The van der Waals surface area contributed by atoms with E-state index >= 15 is 0 Å². The van der Waals surface area contributed by atoms with Gasteiger partial charge in [-0.25, -0.2) is 4.79 Å². The van der Waals surface area contributed by atoms with E-state index in [1.807, 2.05) is 12.1 Å². The molecule has 0 aromatic heterocycles. The van der Waals surface area contributed by atoms with Gasteiger partial charge in [-0.1, -0.05) is 0 Å². The first-order chi connectivity index (χ1) is 9.19. The maximum atomic E-state index is 12.2. The number of nitrogens with two attached hydrogens (primary N) is 1. The van der Waals surface area contributed by atoms with Crippen LogP contribution >= 0.6 is 0 Å². The van der Waals surface area contributed by atoms with E-state index in [1.54, 1.807) is 17.0 Å². The van der Waals surface area contributed by atoms with Crippen molar-refractivity contribution in [3.63, 3.8) is 0 Å². The van der Waals surface area contributed by atoms with E-state index < -0.39 is 0 Å². The molecular formula is C14H18N2O3. The zero-order chi connectivity index (χ0) is 13.3. The molecule has 5 heteroatoms. The minimum Gasteiger partial charge on any atom is -0.442 e. The van der Waals surface area contributed by atoms with Crippen LogP contribution in [0, 0.1) is 0 Å². The molecule has 1 amide bonds. The van der Waals surface area contributed by atoms with Gasteiger partial charge in [0.05, 0.1) is 13.2 Å². The SMILES string of the molecule is Nc1ccc(N2CCC3(CCOCC3)OC2=O)cc1. The van der Waals surface area contributed by atoms with Gasteiger partial charge in [-0.2, -0.15) is 0 Å². The van der Waals surface area contributed by atoms with Crippen LogP contribution in [0.5, 0.6) is 0 Å². The molecule has 0 bridgehead atoms. The fraction of sp³-hybridized carbons (Fsp3) is 0.500. The Hall–Kier alpha value is -1.75. The van der Waals surface area contributed by atoms with E-state index in [0.29, 0.717) is 25.4 Å². The Kier molecular flexibility index (Phi) is 3.06. The quantitative estimate of drug-likeness (QED) is 0.788. The number of benzene rings is 1.